The molecule has 2 heterocycles. The van der Waals surface area contributed by atoms with E-state index in [4.69, 9.17) is 58.0 Å². The molecule has 0 atom stereocenters. The van der Waals surface area contributed by atoms with E-state index < -0.39 is 3.79 Å². The highest BCUT2D eigenvalue weighted by Crippen LogP contribution is 2.37. The quantitative estimate of drug-likeness (QED) is 0.519. The third-order valence-corrected chi connectivity index (χ3v) is 4.15. The molecule has 0 aliphatic heterocycles. The first-order chi connectivity index (χ1) is 12.3. The number of aromatic nitrogens is 4. The molecule has 2 aromatic heterocycles. The molecule has 0 amide bonds. The molecule has 0 bridgehead atoms. The van der Waals surface area contributed by atoms with Crippen molar-refractivity contribution in [3.05, 3.63) is 64.2 Å². The number of hydrogen-bond acceptors (Lipinski definition) is 5. The fourth-order valence-corrected chi connectivity index (χ4v) is 2.86. The molecule has 0 saturated carbocycles. The molecular formula is C16H10Cl5N5. The van der Waals surface area contributed by atoms with Crippen LogP contribution in [0.15, 0.2) is 42.7 Å². The molecule has 3 rings (SSSR count). The fraction of sp³-hybridized carbons (Fsp3) is 0.125. The Bertz CT molecular complexity index is 894. The van der Waals surface area contributed by atoms with Gasteiger partial charge in [0, 0.05) is 34.5 Å². The van der Waals surface area contributed by atoms with Crippen molar-refractivity contribution in [2.45, 2.75) is 10.3 Å². The lowest BCUT2D eigenvalue weighted by Crippen LogP contribution is -2.13. The van der Waals surface area contributed by atoms with E-state index >= 15 is 0 Å². The summed E-state index contributed by atoms with van der Waals surface area (Å²) in [5.41, 5.74) is 1.57. The lowest BCUT2D eigenvalue weighted by Gasteiger charge is -2.13. The summed E-state index contributed by atoms with van der Waals surface area (Å²) in [4.78, 5) is 16.7. The van der Waals surface area contributed by atoms with Crippen LogP contribution in [-0.2, 0) is 10.3 Å². The van der Waals surface area contributed by atoms with E-state index in [9.17, 15) is 0 Å². The number of pyridine rings is 1. The molecule has 26 heavy (non-hydrogen) atoms. The monoisotopic (exact) mass is 447 g/mol. The van der Waals surface area contributed by atoms with Crippen molar-refractivity contribution in [1.29, 1.82) is 0 Å². The average Bonchev–Trinajstić information content (AvgIpc) is 2.59. The van der Waals surface area contributed by atoms with Crippen molar-refractivity contribution in [1.82, 2.24) is 19.9 Å². The number of anilines is 1. The van der Waals surface area contributed by atoms with Gasteiger partial charge in [0.25, 0.3) is 0 Å². The van der Waals surface area contributed by atoms with Crippen LogP contribution in [0.25, 0.3) is 11.4 Å². The molecule has 10 heteroatoms. The molecule has 0 aliphatic rings. The van der Waals surface area contributed by atoms with Crippen LogP contribution in [0.2, 0.25) is 10.0 Å². The van der Waals surface area contributed by atoms with Crippen molar-refractivity contribution in [3.8, 4) is 11.4 Å². The second kappa shape index (κ2) is 8.11. The van der Waals surface area contributed by atoms with Crippen LogP contribution in [0, 0.1) is 0 Å². The number of halogens is 5. The molecule has 5 nitrogen and oxygen atoms in total. The maximum absolute atomic E-state index is 6.06. The van der Waals surface area contributed by atoms with Crippen LogP contribution >= 0.6 is 58.0 Å². The Morgan fingerprint density at radius 2 is 1.54 bits per heavy atom. The van der Waals surface area contributed by atoms with Crippen molar-refractivity contribution < 1.29 is 0 Å². The summed E-state index contributed by atoms with van der Waals surface area (Å²) in [5.74, 6) is 0.521. The van der Waals surface area contributed by atoms with Crippen molar-refractivity contribution in [2.75, 3.05) is 5.32 Å². The predicted molar refractivity (Wildman–Crippen MR) is 106 cm³/mol. The number of benzene rings is 1. The van der Waals surface area contributed by atoms with Crippen molar-refractivity contribution >= 4 is 64.0 Å². The van der Waals surface area contributed by atoms with Crippen LogP contribution in [-0.4, -0.2) is 19.9 Å². The van der Waals surface area contributed by atoms with E-state index in [1.54, 1.807) is 30.6 Å². The second-order valence-corrected chi connectivity index (χ2v) is 8.33. The number of alkyl halides is 3. The predicted octanol–water partition coefficient (Wildman–Crippen LogP) is 5.68. The largest absolute Gasteiger partial charge is 0.350 e. The molecule has 0 saturated heterocycles. The minimum Gasteiger partial charge on any atom is -0.350 e. The third-order valence-electron chi connectivity index (χ3n) is 3.21. The van der Waals surface area contributed by atoms with Gasteiger partial charge in [-0.1, -0.05) is 58.0 Å². The summed E-state index contributed by atoms with van der Waals surface area (Å²) < 4.78 is -1.81. The van der Waals surface area contributed by atoms with Gasteiger partial charge in [-0.25, -0.2) is 4.98 Å². The minimum atomic E-state index is -1.81. The maximum atomic E-state index is 6.06. The zero-order valence-corrected chi connectivity index (χ0v) is 16.7. The topological polar surface area (TPSA) is 63.6 Å². The Morgan fingerprint density at radius 3 is 2.15 bits per heavy atom. The Kier molecular flexibility index (Phi) is 6.05. The van der Waals surface area contributed by atoms with Crippen LogP contribution < -0.4 is 5.32 Å². The Hall–Kier alpha value is -1.37. The molecule has 1 N–H and O–H groups in total. The zero-order valence-electron chi connectivity index (χ0n) is 12.9. The van der Waals surface area contributed by atoms with E-state index in [0.717, 1.165) is 5.56 Å². The van der Waals surface area contributed by atoms with E-state index in [1.807, 2.05) is 12.1 Å². The second-order valence-electron chi connectivity index (χ2n) is 5.17. The minimum absolute atomic E-state index is 0.0131. The Labute approximate surface area is 174 Å². The smallest absolute Gasteiger partial charge is 0.250 e. The van der Waals surface area contributed by atoms with Crippen molar-refractivity contribution in [2.24, 2.45) is 0 Å². The highest BCUT2D eigenvalue weighted by Gasteiger charge is 2.28. The normalized spacial score (nSPS) is 11.4. The molecule has 0 radical (unpaired) electrons. The molecular weight excluding hydrogens is 439 g/mol. The zero-order chi connectivity index (χ0) is 18.7. The van der Waals surface area contributed by atoms with Crippen LogP contribution in [0.4, 0.5) is 5.95 Å². The van der Waals surface area contributed by atoms with Gasteiger partial charge in [0.2, 0.25) is 9.74 Å². The van der Waals surface area contributed by atoms with Gasteiger partial charge in [-0.15, -0.1) is 0 Å². The number of nitrogens with one attached hydrogen (secondary N) is 1. The lowest BCUT2D eigenvalue weighted by atomic mass is 10.2. The van der Waals surface area contributed by atoms with Gasteiger partial charge in [-0.05, 0) is 35.9 Å². The van der Waals surface area contributed by atoms with Gasteiger partial charge in [-0.2, -0.15) is 9.97 Å². The van der Waals surface area contributed by atoms with Gasteiger partial charge in [0.05, 0.1) is 0 Å². The molecule has 0 spiro atoms. The third kappa shape index (κ3) is 5.09. The average molecular weight is 450 g/mol. The standard InChI is InChI=1S/C16H10Cl5N5/c17-11-5-10(6-12(18)7-11)13-24-14(16(19,20)21)26-15(25-13)23-8-9-1-3-22-4-2-9/h1-7H,8H2,(H,23,24,25,26). The summed E-state index contributed by atoms with van der Waals surface area (Å²) in [7, 11) is 0. The van der Waals surface area contributed by atoms with E-state index in [1.165, 1.54) is 0 Å². The first-order valence-corrected chi connectivity index (χ1v) is 9.13. The first kappa shape index (κ1) is 19.4. The van der Waals surface area contributed by atoms with Crippen LogP contribution in [0.3, 0.4) is 0 Å². The SMILES string of the molecule is Clc1cc(Cl)cc(-c2nc(NCc3ccncc3)nc(C(Cl)(Cl)Cl)n2)c1. The van der Waals surface area contributed by atoms with Gasteiger partial charge in [0.1, 0.15) is 0 Å². The van der Waals surface area contributed by atoms with Gasteiger partial charge >= 0.3 is 0 Å². The van der Waals surface area contributed by atoms with Gasteiger partial charge in [-0.3, -0.25) is 4.98 Å². The van der Waals surface area contributed by atoms with E-state index in [-0.39, 0.29) is 17.6 Å². The molecule has 134 valence electrons. The molecule has 0 unspecified atom stereocenters. The summed E-state index contributed by atoms with van der Waals surface area (Å²) in [6, 6.07) is 8.66. The number of rotatable bonds is 4. The summed E-state index contributed by atoms with van der Waals surface area (Å²) in [6.45, 7) is 0.460. The number of nitrogens with zero attached hydrogens (tertiary/aromatic N) is 4. The Morgan fingerprint density at radius 1 is 0.885 bits per heavy atom. The first-order valence-electron chi connectivity index (χ1n) is 7.24. The van der Waals surface area contributed by atoms with Crippen molar-refractivity contribution in [3.63, 3.8) is 0 Å². The molecule has 0 aliphatic carbocycles. The summed E-state index contributed by atoms with van der Waals surface area (Å²) in [5, 5.41) is 3.96. The molecule has 1 aromatic carbocycles. The lowest BCUT2D eigenvalue weighted by molar-refractivity contribution is 0.913. The highest BCUT2D eigenvalue weighted by molar-refractivity contribution is 6.66. The van der Waals surface area contributed by atoms with E-state index in [0.29, 0.717) is 22.2 Å². The van der Waals surface area contributed by atoms with Crippen LogP contribution in [0.1, 0.15) is 11.4 Å². The van der Waals surface area contributed by atoms with Gasteiger partial charge < -0.3 is 5.32 Å². The fourth-order valence-electron chi connectivity index (χ4n) is 2.08. The molecule has 3 aromatic rings. The van der Waals surface area contributed by atoms with Crippen LogP contribution in [0.5, 0.6) is 0 Å². The summed E-state index contributed by atoms with van der Waals surface area (Å²) in [6.07, 6.45) is 3.38. The number of hydrogen-bond donors (Lipinski definition) is 1. The Balaban J connectivity index is 1.98. The van der Waals surface area contributed by atoms with Gasteiger partial charge in [0.15, 0.2) is 11.6 Å². The van der Waals surface area contributed by atoms with E-state index in [2.05, 4.69) is 25.3 Å². The maximum Gasteiger partial charge on any atom is 0.250 e. The molecule has 0 fully saturated rings. The summed E-state index contributed by atoms with van der Waals surface area (Å²) >= 11 is 30.0. The highest BCUT2D eigenvalue weighted by atomic mass is 35.6.